The number of carbonyl (C=O) groups is 2. The number of nitriles is 1. The van der Waals surface area contributed by atoms with Gasteiger partial charge in [0.05, 0.1) is 12.7 Å². The number of nitrogens with zero attached hydrogens (tertiary/aromatic N) is 6. The summed E-state index contributed by atoms with van der Waals surface area (Å²) in [6.45, 7) is 10.7. The topological polar surface area (TPSA) is 107 Å². The molecule has 0 bridgehead atoms. The third-order valence-corrected chi connectivity index (χ3v) is 6.89. The number of anilines is 1. The zero-order valence-corrected chi connectivity index (χ0v) is 20.8. The summed E-state index contributed by atoms with van der Waals surface area (Å²) in [5.74, 6) is 0.0621. The molecule has 1 fully saturated rings. The van der Waals surface area contributed by atoms with Crippen molar-refractivity contribution in [2.75, 3.05) is 38.0 Å². The SMILES string of the molecule is Cc1cccc(NC(=O)CN2CCN(C(=O)CCc3c(C)nc4c(C#N)cnn4c3C)CC2)c1C. The van der Waals surface area contributed by atoms with Crippen molar-refractivity contribution in [2.24, 2.45) is 0 Å². The van der Waals surface area contributed by atoms with Gasteiger partial charge in [0.25, 0.3) is 0 Å². The van der Waals surface area contributed by atoms with E-state index in [1.165, 1.54) is 6.20 Å². The van der Waals surface area contributed by atoms with Gasteiger partial charge in [0.15, 0.2) is 5.65 Å². The van der Waals surface area contributed by atoms with Crippen molar-refractivity contribution in [2.45, 2.75) is 40.5 Å². The minimum atomic E-state index is -0.0366. The normalized spacial score (nSPS) is 14.2. The lowest BCUT2D eigenvalue weighted by atomic mass is 10.1. The average Bonchev–Trinajstić information content (AvgIpc) is 3.25. The third kappa shape index (κ3) is 5.17. The van der Waals surface area contributed by atoms with E-state index in [1.807, 2.05) is 50.8 Å². The highest BCUT2D eigenvalue weighted by Gasteiger charge is 2.23. The Kier molecular flexibility index (Phi) is 7.12. The molecule has 1 aliphatic heterocycles. The van der Waals surface area contributed by atoms with Crippen LogP contribution in [0.15, 0.2) is 24.4 Å². The van der Waals surface area contributed by atoms with Crippen LogP contribution in [-0.2, 0) is 16.0 Å². The molecule has 1 saturated heterocycles. The van der Waals surface area contributed by atoms with E-state index in [0.29, 0.717) is 56.8 Å². The molecular formula is C26H31N7O2. The molecule has 0 radical (unpaired) electrons. The van der Waals surface area contributed by atoms with Gasteiger partial charge in [-0.15, -0.1) is 0 Å². The van der Waals surface area contributed by atoms with Gasteiger partial charge in [-0.25, -0.2) is 9.50 Å². The Morgan fingerprint density at radius 3 is 2.57 bits per heavy atom. The number of benzene rings is 1. The van der Waals surface area contributed by atoms with Crippen LogP contribution in [0.4, 0.5) is 5.69 Å². The standard InChI is InChI=1S/C26H31N7O2/c1-17-6-5-7-23(18(17)2)30-24(34)16-31-10-12-32(13-11-31)25(35)9-8-22-19(3)29-26-21(14-27)15-28-33(26)20(22)4/h5-7,15H,8-13,16H2,1-4H3,(H,30,34). The van der Waals surface area contributed by atoms with Gasteiger partial charge < -0.3 is 10.2 Å². The molecule has 2 amide bonds. The van der Waals surface area contributed by atoms with Gasteiger partial charge in [-0.3, -0.25) is 14.5 Å². The van der Waals surface area contributed by atoms with Crippen molar-refractivity contribution in [3.05, 3.63) is 58.0 Å². The van der Waals surface area contributed by atoms with Crippen molar-refractivity contribution >= 4 is 23.1 Å². The van der Waals surface area contributed by atoms with Crippen LogP contribution in [-0.4, -0.2) is 68.9 Å². The van der Waals surface area contributed by atoms with E-state index in [9.17, 15) is 14.9 Å². The molecule has 0 aliphatic carbocycles. The number of hydrogen-bond donors (Lipinski definition) is 1. The second-order valence-corrected chi connectivity index (χ2v) is 9.12. The number of carbonyl (C=O) groups excluding carboxylic acids is 2. The van der Waals surface area contributed by atoms with Crippen LogP contribution in [0.5, 0.6) is 0 Å². The lowest BCUT2D eigenvalue weighted by molar-refractivity contribution is -0.133. The number of nitrogens with one attached hydrogen (secondary N) is 1. The van der Waals surface area contributed by atoms with Crippen molar-refractivity contribution in [1.82, 2.24) is 24.4 Å². The minimum Gasteiger partial charge on any atom is -0.340 e. The zero-order chi connectivity index (χ0) is 25.1. The maximum absolute atomic E-state index is 12.9. The molecule has 1 aliphatic rings. The summed E-state index contributed by atoms with van der Waals surface area (Å²) < 4.78 is 1.67. The van der Waals surface area contributed by atoms with E-state index >= 15 is 0 Å². The Hall–Kier alpha value is -3.77. The van der Waals surface area contributed by atoms with Crippen LogP contribution in [0.2, 0.25) is 0 Å². The Labute approximate surface area is 205 Å². The van der Waals surface area contributed by atoms with Crippen molar-refractivity contribution in [3.63, 3.8) is 0 Å². The molecular weight excluding hydrogens is 442 g/mol. The van der Waals surface area contributed by atoms with Gasteiger partial charge in [-0.05, 0) is 56.9 Å². The maximum atomic E-state index is 12.9. The molecule has 0 atom stereocenters. The molecule has 0 saturated carbocycles. The van der Waals surface area contributed by atoms with Crippen LogP contribution in [0.1, 0.15) is 40.1 Å². The fourth-order valence-electron chi connectivity index (χ4n) is 4.58. The molecule has 9 heteroatoms. The smallest absolute Gasteiger partial charge is 0.238 e. The summed E-state index contributed by atoms with van der Waals surface area (Å²) in [5.41, 5.74) is 6.78. The van der Waals surface area contributed by atoms with E-state index in [1.54, 1.807) is 4.52 Å². The first-order valence-electron chi connectivity index (χ1n) is 11.9. The van der Waals surface area contributed by atoms with E-state index in [0.717, 1.165) is 33.8 Å². The van der Waals surface area contributed by atoms with Crippen LogP contribution in [0.3, 0.4) is 0 Å². The molecule has 0 spiro atoms. The Morgan fingerprint density at radius 1 is 1.11 bits per heavy atom. The van der Waals surface area contributed by atoms with Gasteiger partial charge in [-0.2, -0.15) is 10.4 Å². The second kappa shape index (κ2) is 10.2. The number of amides is 2. The number of fused-ring (bicyclic) bond motifs is 1. The molecule has 3 heterocycles. The minimum absolute atomic E-state index is 0.0366. The van der Waals surface area contributed by atoms with Crippen molar-refractivity contribution in [1.29, 1.82) is 5.26 Å². The molecule has 182 valence electrons. The highest BCUT2D eigenvalue weighted by molar-refractivity contribution is 5.93. The fourth-order valence-corrected chi connectivity index (χ4v) is 4.58. The first-order valence-corrected chi connectivity index (χ1v) is 11.9. The summed E-state index contributed by atoms with van der Waals surface area (Å²) in [7, 11) is 0. The van der Waals surface area contributed by atoms with E-state index < -0.39 is 0 Å². The third-order valence-electron chi connectivity index (χ3n) is 6.89. The molecule has 35 heavy (non-hydrogen) atoms. The van der Waals surface area contributed by atoms with E-state index in [2.05, 4.69) is 26.4 Å². The van der Waals surface area contributed by atoms with Gasteiger partial charge >= 0.3 is 0 Å². The number of piperazine rings is 1. The molecule has 1 N–H and O–H groups in total. The molecule has 4 rings (SSSR count). The van der Waals surface area contributed by atoms with Crippen molar-refractivity contribution < 1.29 is 9.59 Å². The van der Waals surface area contributed by atoms with Gasteiger partial charge in [0, 0.05) is 49.7 Å². The highest BCUT2D eigenvalue weighted by Crippen LogP contribution is 2.20. The Morgan fingerprint density at radius 2 is 1.86 bits per heavy atom. The fraction of sp³-hybridized carbons (Fsp3) is 0.423. The summed E-state index contributed by atoms with van der Waals surface area (Å²) >= 11 is 0. The molecule has 9 nitrogen and oxygen atoms in total. The van der Waals surface area contributed by atoms with Crippen LogP contribution < -0.4 is 5.32 Å². The number of aryl methyl sites for hydroxylation is 3. The quantitative estimate of drug-likeness (QED) is 0.590. The lowest BCUT2D eigenvalue weighted by Crippen LogP contribution is -2.50. The van der Waals surface area contributed by atoms with Gasteiger partial charge in [-0.1, -0.05) is 12.1 Å². The van der Waals surface area contributed by atoms with Crippen LogP contribution in [0.25, 0.3) is 5.65 Å². The second-order valence-electron chi connectivity index (χ2n) is 9.12. The summed E-state index contributed by atoms with van der Waals surface area (Å²) in [5, 5.41) is 16.5. The highest BCUT2D eigenvalue weighted by atomic mass is 16.2. The summed E-state index contributed by atoms with van der Waals surface area (Å²) in [6, 6.07) is 8.00. The number of aromatic nitrogens is 3. The maximum Gasteiger partial charge on any atom is 0.238 e. The Balaban J connectivity index is 1.28. The largest absolute Gasteiger partial charge is 0.340 e. The lowest BCUT2D eigenvalue weighted by Gasteiger charge is -2.34. The summed E-state index contributed by atoms with van der Waals surface area (Å²) in [4.78, 5) is 33.9. The van der Waals surface area contributed by atoms with E-state index in [-0.39, 0.29) is 11.8 Å². The van der Waals surface area contributed by atoms with Crippen molar-refractivity contribution in [3.8, 4) is 6.07 Å². The van der Waals surface area contributed by atoms with Gasteiger partial charge in [0.1, 0.15) is 11.6 Å². The first kappa shape index (κ1) is 24.4. The first-order chi connectivity index (χ1) is 16.8. The van der Waals surface area contributed by atoms with Gasteiger partial charge in [0.2, 0.25) is 11.8 Å². The predicted octanol–water partition coefficient (Wildman–Crippen LogP) is 2.55. The number of rotatable bonds is 6. The molecule has 2 aromatic heterocycles. The average molecular weight is 474 g/mol. The molecule has 3 aromatic rings. The zero-order valence-electron chi connectivity index (χ0n) is 20.8. The Bertz CT molecular complexity index is 1310. The predicted molar refractivity (Wildman–Crippen MR) is 133 cm³/mol. The van der Waals surface area contributed by atoms with Crippen LogP contribution >= 0.6 is 0 Å². The van der Waals surface area contributed by atoms with E-state index in [4.69, 9.17) is 0 Å². The van der Waals surface area contributed by atoms with Crippen LogP contribution in [0, 0.1) is 39.0 Å². The summed E-state index contributed by atoms with van der Waals surface area (Å²) in [6.07, 6.45) is 2.47. The monoisotopic (exact) mass is 473 g/mol. The number of hydrogen-bond acceptors (Lipinski definition) is 6. The molecule has 1 aromatic carbocycles. The molecule has 0 unspecified atom stereocenters.